The fraction of sp³-hybridized carbons (Fsp3) is 0.235. The fourth-order valence-corrected chi connectivity index (χ4v) is 2.74. The molecule has 0 saturated carbocycles. The SMILES string of the molecule is COc1ccc(CC(=O)c2cccc(C)c2C)cc1Br. The Bertz CT molecular complexity index is 647. The molecule has 2 aromatic carbocycles. The molecule has 0 saturated heterocycles. The maximum Gasteiger partial charge on any atom is 0.167 e. The van der Waals surface area contributed by atoms with Crippen LogP contribution in [0.15, 0.2) is 40.9 Å². The minimum atomic E-state index is 0.142. The van der Waals surface area contributed by atoms with Gasteiger partial charge in [-0.05, 0) is 58.6 Å². The molecule has 0 heterocycles. The van der Waals surface area contributed by atoms with Crippen molar-refractivity contribution in [2.75, 3.05) is 7.11 Å². The standard InChI is InChI=1S/C17H17BrO2/c1-11-5-4-6-14(12(11)2)16(19)10-13-7-8-17(20-3)15(18)9-13/h4-9H,10H2,1-3H3. The molecule has 0 fully saturated rings. The van der Waals surface area contributed by atoms with Gasteiger partial charge in [0.15, 0.2) is 5.78 Å². The second-order valence-corrected chi connectivity index (χ2v) is 5.67. The van der Waals surface area contributed by atoms with E-state index in [4.69, 9.17) is 4.74 Å². The third-order valence-corrected chi connectivity index (χ3v) is 4.11. The van der Waals surface area contributed by atoms with Gasteiger partial charge in [-0.3, -0.25) is 4.79 Å². The second kappa shape index (κ2) is 6.23. The van der Waals surface area contributed by atoms with Gasteiger partial charge in [-0.25, -0.2) is 0 Å². The smallest absolute Gasteiger partial charge is 0.167 e. The van der Waals surface area contributed by atoms with Crippen LogP contribution in [0.2, 0.25) is 0 Å². The first-order valence-corrected chi connectivity index (χ1v) is 7.24. The summed E-state index contributed by atoms with van der Waals surface area (Å²) in [7, 11) is 1.63. The highest BCUT2D eigenvalue weighted by Gasteiger charge is 2.12. The number of rotatable bonds is 4. The minimum absolute atomic E-state index is 0.142. The van der Waals surface area contributed by atoms with Crippen molar-refractivity contribution < 1.29 is 9.53 Å². The number of benzene rings is 2. The first kappa shape index (κ1) is 14.8. The molecule has 0 aliphatic carbocycles. The van der Waals surface area contributed by atoms with E-state index in [9.17, 15) is 4.79 Å². The number of halogens is 1. The Hall–Kier alpha value is -1.61. The summed E-state index contributed by atoms with van der Waals surface area (Å²) in [6.07, 6.45) is 0.396. The van der Waals surface area contributed by atoms with Gasteiger partial charge < -0.3 is 4.74 Å². The summed E-state index contributed by atoms with van der Waals surface area (Å²) >= 11 is 3.44. The van der Waals surface area contributed by atoms with E-state index in [2.05, 4.69) is 15.9 Å². The number of Topliss-reactive ketones (excluding diaryl/α,β-unsaturated/α-hetero) is 1. The van der Waals surface area contributed by atoms with Gasteiger partial charge >= 0.3 is 0 Å². The third kappa shape index (κ3) is 3.10. The van der Waals surface area contributed by atoms with Crippen LogP contribution in [0.3, 0.4) is 0 Å². The average Bonchev–Trinajstić information content (AvgIpc) is 2.42. The van der Waals surface area contributed by atoms with E-state index in [1.54, 1.807) is 7.11 Å². The van der Waals surface area contributed by atoms with E-state index in [0.717, 1.165) is 32.5 Å². The van der Waals surface area contributed by atoms with Crippen LogP contribution in [0, 0.1) is 13.8 Å². The summed E-state index contributed by atoms with van der Waals surface area (Å²) in [6.45, 7) is 4.02. The zero-order valence-corrected chi connectivity index (χ0v) is 13.5. The molecule has 0 N–H and O–H groups in total. The van der Waals surface area contributed by atoms with Gasteiger partial charge in [-0.2, -0.15) is 0 Å². The Morgan fingerprint density at radius 1 is 1.20 bits per heavy atom. The highest BCUT2D eigenvalue weighted by Crippen LogP contribution is 2.26. The zero-order chi connectivity index (χ0) is 14.7. The molecule has 0 aromatic heterocycles. The van der Waals surface area contributed by atoms with E-state index in [1.807, 2.05) is 50.2 Å². The molecular formula is C17H17BrO2. The highest BCUT2D eigenvalue weighted by molar-refractivity contribution is 9.10. The summed E-state index contributed by atoms with van der Waals surface area (Å²) < 4.78 is 6.06. The number of carbonyl (C=O) groups is 1. The van der Waals surface area contributed by atoms with Crippen LogP contribution < -0.4 is 4.74 Å². The van der Waals surface area contributed by atoms with E-state index in [0.29, 0.717) is 6.42 Å². The number of aryl methyl sites for hydroxylation is 1. The Labute approximate surface area is 127 Å². The Balaban J connectivity index is 2.24. The van der Waals surface area contributed by atoms with Crippen molar-refractivity contribution in [3.63, 3.8) is 0 Å². The maximum atomic E-state index is 12.4. The number of hydrogen-bond donors (Lipinski definition) is 0. The van der Waals surface area contributed by atoms with Gasteiger partial charge in [-0.1, -0.05) is 24.3 Å². The van der Waals surface area contributed by atoms with E-state index < -0.39 is 0 Å². The molecule has 104 valence electrons. The highest BCUT2D eigenvalue weighted by atomic mass is 79.9. The number of hydrogen-bond acceptors (Lipinski definition) is 2. The van der Waals surface area contributed by atoms with Gasteiger partial charge in [0, 0.05) is 12.0 Å². The molecule has 0 aliphatic rings. The lowest BCUT2D eigenvalue weighted by Crippen LogP contribution is -2.06. The number of methoxy groups -OCH3 is 1. The lowest BCUT2D eigenvalue weighted by atomic mass is 9.96. The van der Waals surface area contributed by atoms with Crippen molar-refractivity contribution in [3.05, 3.63) is 63.1 Å². The van der Waals surface area contributed by atoms with Crippen molar-refractivity contribution in [2.24, 2.45) is 0 Å². The first-order chi connectivity index (χ1) is 9.52. The van der Waals surface area contributed by atoms with Crippen molar-refractivity contribution in [1.29, 1.82) is 0 Å². The Morgan fingerprint density at radius 2 is 1.95 bits per heavy atom. The molecule has 2 nitrogen and oxygen atoms in total. The van der Waals surface area contributed by atoms with E-state index in [-0.39, 0.29) is 5.78 Å². The van der Waals surface area contributed by atoms with Crippen molar-refractivity contribution in [3.8, 4) is 5.75 Å². The maximum absolute atomic E-state index is 12.4. The van der Waals surface area contributed by atoms with Crippen LogP contribution in [0.1, 0.15) is 27.0 Å². The Morgan fingerprint density at radius 3 is 2.60 bits per heavy atom. The summed E-state index contributed by atoms with van der Waals surface area (Å²) in [5.74, 6) is 0.913. The quantitative estimate of drug-likeness (QED) is 0.770. The Kier molecular flexibility index (Phi) is 4.61. The average molecular weight is 333 g/mol. The molecule has 0 unspecified atom stereocenters. The monoisotopic (exact) mass is 332 g/mol. The summed E-state index contributed by atoms with van der Waals surface area (Å²) in [6, 6.07) is 11.6. The third-order valence-electron chi connectivity index (χ3n) is 3.49. The van der Waals surface area contributed by atoms with Crippen LogP contribution in [-0.2, 0) is 6.42 Å². The topological polar surface area (TPSA) is 26.3 Å². The van der Waals surface area contributed by atoms with Crippen LogP contribution in [0.25, 0.3) is 0 Å². The van der Waals surface area contributed by atoms with Gasteiger partial charge in [0.1, 0.15) is 5.75 Å². The van der Waals surface area contributed by atoms with Crippen LogP contribution in [0.5, 0.6) is 5.75 Å². The molecule has 2 rings (SSSR count). The first-order valence-electron chi connectivity index (χ1n) is 6.44. The molecule has 0 amide bonds. The number of carbonyl (C=O) groups excluding carboxylic acids is 1. The molecule has 0 atom stereocenters. The molecular weight excluding hydrogens is 316 g/mol. The largest absolute Gasteiger partial charge is 0.496 e. The van der Waals surface area contributed by atoms with Gasteiger partial charge in [0.2, 0.25) is 0 Å². The minimum Gasteiger partial charge on any atom is -0.496 e. The van der Waals surface area contributed by atoms with Crippen LogP contribution in [0.4, 0.5) is 0 Å². The van der Waals surface area contributed by atoms with Gasteiger partial charge in [-0.15, -0.1) is 0 Å². The summed E-state index contributed by atoms with van der Waals surface area (Å²) in [5.41, 5.74) is 3.98. The zero-order valence-electron chi connectivity index (χ0n) is 11.9. The van der Waals surface area contributed by atoms with Gasteiger partial charge in [0.25, 0.3) is 0 Å². The normalized spacial score (nSPS) is 10.4. The summed E-state index contributed by atoms with van der Waals surface area (Å²) in [5, 5.41) is 0. The van der Waals surface area contributed by atoms with Gasteiger partial charge in [0.05, 0.1) is 11.6 Å². The van der Waals surface area contributed by atoms with E-state index in [1.165, 1.54) is 0 Å². The molecule has 0 bridgehead atoms. The molecule has 0 aliphatic heterocycles. The number of ketones is 1. The van der Waals surface area contributed by atoms with Crippen molar-refractivity contribution >= 4 is 21.7 Å². The predicted molar refractivity (Wildman–Crippen MR) is 84.6 cm³/mol. The van der Waals surface area contributed by atoms with Crippen molar-refractivity contribution in [1.82, 2.24) is 0 Å². The van der Waals surface area contributed by atoms with Crippen LogP contribution >= 0.6 is 15.9 Å². The fourth-order valence-electron chi connectivity index (χ4n) is 2.15. The van der Waals surface area contributed by atoms with Crippen molar-refractivity contribution in [2.45, 2.75) is 20.3 Å². The second-order valence-electron chi connectivity index (χ2n) is 4.82. The molecule has 20 heavy (non-hydrogen) atoms. The predicted octanol–water partition coefficient (Wildman–Crippen LogP) is 4.50. The molecule has 3 heteroatoms. The molecule has 2 aromatic rings. The molecule has 0 radical (unpaired) electrons. The number of ether oxygens (including phenoxy) is 1. The lowest BCUT2D eigenvalue weighted by Gasteiger charge is -2.09. The molecule has 0 spiro atoms. The van der Waals surface area contributed by atoms with E-state index >= 15 is 0 Å². The van der Waals surface area contributed by atoms with Crippen LogP contribution in [-0.4, -0.2) is 12.9 Å². The lowest BCUT2D eigenvalue weighted by molar-refractivity contribution is 0.0992. The summed E-state index contributed by atoms with van der Waals surface area (Å²) in [4.78, 5) is 12.4.